The van der Waals surface area contributed by atoms with Crippen LogP contribution in [0.3, 0.4) is 0 Å². The number of aryl methyl sites for hydroxylation is 2. The van der Waals surface area contributed by atoms with Crippen LogP contribution in [0.15, 0.2) is 72.8 Å². The van der Waals surface area contributed by atoms with Crippen molar-refractivity contribution in [2.45, 2.75) is 52.5 Å². The normalized spacial score (nSPS) is 11.0. The first-order valence-corrected chi connectivity index (χ1v) is 12.6. The molecule has 35 heavy (non-hydrogen) atoms. The zero-order valence-electron chi connectivity index (χ0n) is 20.8. The largest absolute Gasteiger partial charge is 0.491 e. The molecule has 0 radical (unpaired) electrons. The molecule has 0 unspecified atom stereocenters. The molecule has 0 saturated carbocycles. The summed E-state index contributed by atoms with van der Waals surface area (Å²) < 4.78 is 8.42. The van der Waals surface area contributed by atoms with Crippen LogP contribution in [0.4, 0.5) is 0 Å². The van der Waals surface area contributed by atoms with E-state index >= 15 is 0 Å². The number of nitrogens with one attached hydrogen (secondary N) is 1. The summed E-state index contributed by atoms with van der Waals surface area (Å²) in [5.74, 6) is 2.14. The van der Waals surface area contributed by atoms with Crippen molar-refractivity contribution in [2.24, 2.45) is 0 Å². The summed E-state index contributed by atoms with van der Waals surface area (Å²) in [7, 11) is 0. The Morgan fingerprint density at radius 2 is 1.71 bits per heavy atom. The maximum absolute atomic E-state index is 12.1. The van der Waals surface area contributed by atoms with Gasteiger partial charge in [-0.25, -0.2) is 4.98 Å². The van der Waals surface area contributed by atoms with E-state index in [9.17, 15) is 4.79 Å². The van der Waals surface area contributed by atoms with Gasteiger partial charge in [-0.1, -0.05) is 61.0 Å². The van der Waals surface area contributed by atoms with E-state index in [0.29, 0.717) is 19.6 Å². The van der Waals surface area contributed by atoms with Gasteiger partial charge in [0.2, 0.25) is 5.91 Å². The lowest BCUT2D eigenvalue weighted by molar-refractivity contribution is -0.120. The number of nitrogens with zero attached hydrogens (tertiary/aromatic N) is 2. The lowest BCUT2D eigenvalue weighted by atomic mass is 10.1. The van der Waals surface area contributed by atoms with Crippen LogP contribution in [0.1, 0.15) is 41.8 Å². The number of carbonyl (C=O) groups is 1. The molecule has 1 N–H and O–H groups in total. The zero-order valence-corrected chi connectivity index (χ0v) is 20.8. The second kappa shape index (κ2) is 12.2. The Balaban J connectivity index is 1.26. The molecule has 3 aromatic carbocycles. The third-order valence-electron chi connectivity index (χ3n) is 6.47. The number of imidazole rings is 1. The molecule has 4 rings (SSSR count). The molecule has 0 saturated heterocycles. The number of benzene rings is 3. The minimum Gasteiger partial charge on any atom is -0.491 e. The Labute approximate surface area is 208 Å². The molecule has 0 aliphatic heterocycles. The highest BCUT2D eigenvalue weighted by Crippen LogP contribution is 2.22. The van der Waals surface area contributed by atoms with Crippen LogP contribution >= 0.6 is 0 Å². The van der Waals surface area contributed by atoms with E-state index in [0.717, 1.165) is 60.4 Å². The zero-order chi connectivity index (χ0) is 24.5. The van der Waals surface area contributed by atoms with E-state index in [1.807, 2.05) is 48.5 Å². The first-order valence-electron chi connectivity index (χ1n) is 12.6. The van der Waals surface area contributed by atoms with Gasteiger partial charge < -0.3 is 14.6 Å². The molecule has 1 aromatic heterocycles. The number of hydrogen-bond donors (Lipinski definition) is 1. The highest BCUT2D eigenvalue weighted by molar-refractivity contribution is 5.78. The van der Waals surface area contributed by atoms with Gasteiger partial charge in [0, 0.05) is 13.0 Å². The second-order valence-corrected chi connectivity index (χ2v) is 9.04. The van der Waals surface area contributed by atoms with Crippen molar-refractivity contribution in [3.05, 3.63) is 95.3 Å². The highest BCUT2D eigenvalue weighted by Gasteiger charge is 2.11. The lowest BCUT2D eigenvalue weighted by Gasteiger charge is -2.13. The molecular weight excluding hydrogens is 434 g/mol. The van der Waals surface area contributed by atoms with E-state index in [-0.39, 0.29) is 5.91 Å². The van der Waals surface area contributed by atoms with Gasteiger partial charge in [0.25, 0.3) is 0 Å². The number of aromatic nitrogens is 2. The number of fused-ring (bicyclic) bond motifs is 1. The third-order valence-corrected chi connectivity index (χ3v) is 6.47. The predicted molar refractivity (Wildman–Crippen MR) is 142 cm³/mol. The van der Waals surface area contributed by atoms with Gasteiger partial charge >= 0.3 is 0 Å². The maximum Gasteiger partial charge on any atom is 0.224 e. The summed E-state index contributed by atoms with van der Waals surface area (Å²) in [6.07, 6.45) is 4.41. The van der Waals surface area contributed by atoms with Gasteiger partial charge in [0.15, 0.2) is 0 Å². The molecule has 5 heteroatoms. The Morgan fingerprint density at radius 3 is 2.57 bits per heavy atom. The van der Waals surface area contributed by atoms with Gasteiger partial charge in [0.05, 0.1) is 24.0 Å². The standard InChI is InChI=1S/C30H35N3O2/c1-23-12-11-17-28(24(23)2)35-21-20-33-27-16-9-8-15-26(27)32-29(33)18-7-4-10-19-31-30(34)22-25-13-5-3-6-14-25/h3,5-6,8-9,11-17H,4,7,10,18-22H2,1-2H3,(H,31,34). The Kier molecular flexibility index (Phi) is 8.55. The highest BCUT2D eigenvalue weighted by atomic mass is 16.5. The van der Waals surface area contributed by atoms with Crippen LogP contribution in [0.2, 0.25) is 0 Å². The van der Waals surface area contributed by atoms with E-state index in [2.05, 4.69) is 48.0 Å². The van der Waals surface area contributed by atoms with Crippen LogP contribution in [0, 0.1) is 13.8 Å². The molecule has 1 heterocycles. The van der Waals surface area contributed by atoms with Crippen molar-refractivity contribution in [1.82, 2.24) is 14.9 Å². The van der Waals surface area contributed by atoms with Crippen molar-refractivity contribution in [3.63, 3.8) is 0 Å². The topological polar surface area (TPSA) is 56.1 Å². The quantitative estimate of drug-likeness (QED) is 0.267. The van der Waals surface area contributed by atoms with Crippen molar-refractivity contribution in [2.75, 3.05) is 13.2 Å². The molecule has 0 aliphatic carbocycles. The fourth-order valence-corrected chi connectivity index (χ4v) is 4.35. The maximum atomic E-state index is 12.1. The molecule has 182 valence electrons. The minimum atomic E-state index is 0.0850. The predicted octanol–water partition coefficient (Wildman–Crippen LogP) is 5.80. The number of rotatable bonds is 12. The van der Waals surface area contributed by atoms with E-state index in [4.69, 9.17) is 9.72 Å². The van der Waals surface area contributed by atoms with Crippen LogP contribution < -0.4 is 10.1 Å². The first-order chi connectivity index (χ1) is 17.1. The molecule has 0 atom stereocenters. The number of para-hydroxylation sites is 2. The number of carbonyl (C=O) groups excluding carboxylic acids is 1. The fourth-order valence-electron chi connectivity index (χ4n) is 4.35. The number of amides is 1. The molecule has 4 aromatic rings. The third kappa shape index (κ3) is 6.72. The van der Waals surface area contributed by atoms with E-state index < -0.39 is 0 Å². The SMILES string of the molecule is Cc1cccc(OCCn2c(CCCCCNC(=O)Cc3ccccc3)nc3ccccc32)c1C. The summed E-state index contributed by atoms with van der Waals surface area (Å²) in [5.41, 5.74) is 5.67. The summed E-state index contributed by atoms with van der Waals surface area (Å²) in [6.45, 7) is 6.29. The molecule has 0 bridgehead atoms. The monoisotopic (exact) mass is 469 g/mol. The average molecular weight is 470 g/mol. The van der Waals surface area contributed by atoms with Gasteiger partial charge in [-0.15, -0.1) is 0 Å². The first kappa shape index (κ1) is 24.5. The molecule has 0 aliphatic rings. The lowest BCUT2D eigenvalue weighted by Crippen LogP contribution is -2.26. The average Bonchev–Trinajstić information content (AvgIpc) is 3.22. The van der Waals surface area contributed by atoms with Crippen molar-refractivity contribution in [3.8, 4) is 5.75 Å². The number of unbranched alkanes of at least 4 members (excludes halogenated alkanes) is 2. The molecular formula is C30H35N3O2. The molecule has 0 spiro atoms. The summed E-state index contributed by atoms with van der Waals surface area (Å²) in [4.78, 5) is 17.0. The van der Waals surface area contributed by atoms with Crippen molar-refractivity contribution in [1.29, 1.82) is 0 Å². The van der Waals surface area contributed by atoms with Crippen LogP contribution in [0.25, 0.3) is 11.0 Å². The van der Waals surface area contributed by atoms with Crippen LogP contribution in [-0.4, -0.2) is 28.6 Å². The smallest absolute Gasteiger partial charge is 0.224 e. The van der Waals surface area contributed by atoms with Crippen molar-refractivity contribution >= 4 is 16.9 Å². The Bertz CT molecular complexity index is 1250. The van der Waals surface area contributed by atoms with Gasteiger partial charge in [-0.2, -0.15) is 0 Å². The molecule has 0 fully saturated rings. The number of hydrogen-bond acceptors (Lipinski definition) is 3. The van der Waals surface area contributed by atoms with Crippen molar-refractivity contribution < 1.29 is 9.53 Å². The number of ether oxygens (including phenoxy) is 1. The molecule has 1 amide bonds. The van der Waals surface area contributed by atoms with Gasteiger partial charge in [-0.05, 0) is 61.6 Å². The Hall–Kier alpha value is -3.60. The van der Waals surface area contributed by atoms with E-state index in [1.54, 1.807) is 0 Å². The molecule has 5 nitrogen and oxygen atoms in total. The van der Waals surface area contributed by atoms with Crippen LogP contribution in [-0.2, 0) is 24.2 Å². The van der Waals surface area contributed by atoms with Gasteiger partial charge in [-0.3, -0.25) is 4.79 Å². The summed E-state index contributed by atoms with van der Waals surface area (Å²) in [5, 5.41) is 3.04. The van der Waals surface area contributed by atoms with E-state index in [1.165, 1.54) is 11.1 Å². The van der Waals surface area contributed by atoms with Crippen LogP contribution in [0.5, 0.6) is 5.75 Å². The second-order valence-electron chi connectivity index (χ2n) is 9.04. The van der Waals surface area contributed by atoms with Gasteiger partial charge in [0.1, 0.15) is 18.2 Å². The summed E-state index contributed by atoms with van der Waals surface area (Å²) in [6, 6.07) is 24.4. The Morgan fingerprint density at radius 1 is 0.914 bits per heavy atom. The summed E-state index contributed by atoms with van der Waals surface area (Å²) >= 11 is 0. The minimum absolute atomic E-state index is 0.0850. The fraction of sp³-hybridized carbons (Fsp3) is 0.333.